The molecule has 0 bridgehead atoms. The van der Waals surface area contributed by atoms with E-state index in [0.29, 0.717) is 28.6 Å². The van der Waals surface area contributed by atoms with Crippen molar-refractivity contribution in [3.8, 4) is 22.8 Å². The number of nitrogens with zero attached hydrogens (tertiary/aromatic N) is 2. The molecule has 2 heterocycles. The summed E-state index contributed by atoms with van der Waals surface area (Å²) in [6.07, 6.45) is 1.91. The van der Waals surface area contributed by atoms with Gasteiger partial charge < -0.3 is 14.8 Å². The van der Waals surface area contributed by atoms with E-state index >= 15 is 0 Å². The Morgan fingerprint density at radius 2 is 1.79 bits per heavy atom. The molecule has 0 fully saturated rings. The van der Waals surface area contributed by atoms with Crippen LogP contribution in [0.25, 0.3) is 16.9 Å². The number of rotatable bonds is 5. The van der Waals surface area contributed by atoms with Crippen molar-refractivity contribution in [3.63, 3.8) is 0 Å². The minimum Gasteiger partial charge on any atom is -0.497 e. The minimum absolute atomic E-state index is 0.288. The Labute approximate surface area is 168 Å². The molecule has 1 N–H and O–H groups in total. The lowest BCUT2D eigenvalue weighted by Crippen LogP contribution is -2.15. The Hall–Kier alpha value is -3.80. The molecule has 0 saturated carbocycles. The van der Waals surface area contributed by atoms with E-state index in [9.17, 15) is 4.79 Å². The Kier molecular flexibility index (Phi) is 4.91. The molecule has 0 unspecified atom stereocenters. The van der Waals surface area contributed by atoms with Gasteiger partial charge in [0.25, 0.3) is 5.91 Å². The van der Waals surface area contributed by atoms with Crippen LogP contribution < -0.4 is 14.8 Å². The van der Waals surface area contributed by atoms with Crippen LogP contribution in [-0.2, 0) is 0 Å². The number of amides is 1. The summed E-state index contributed by atoms with van der Waals surface area (Å²) in [6, 6.07) is 18.8. The van der Waals surface area contributed by atoms with Crippen LogP contribution in [0.3, 0.4) is 0 Å². The van der Waals surface area contributed by atoms with Gasteiger partial charge in [-0.3, -0.25) is 9.20 Å². The molecule has 4 rings (SSSR count). The lowest BCUT2D eigenvalue weighted by atomic mass is 10.1. The molecule has 0 atom stereocenters. The summed E-state index contributed by atoms with van der Waals surface area (Å²) in [7, 11) is 3.10. The lowest BCUT2D eigenvalue weighted by Gasteiger charge is -2.12. The molecule has 146 valence electrons. The second kappa shape index (κ2) is 7.67. The molecule has 0 aliphatic heterocycles. The number of benzene rings is 2. The maximum absolute atomic E-state index is 13.1. The summed E-state index contributed by atoms with van der Waals surface area (Å²) >= 11 is 0. The number of aromatic nitrogens is 2. The molecule has 0 saturated heterocycles. The fraction of sp³-hybridized carbons (Fsp3) is 0.130. The molecule has 1 amide bonds. The number of pyridine rings is 1. The first-order valence-corrected chi connectivity index (χ1v) is 9.18. The van der Waals surface area contributed by atoms with Gasteiger partial charge in [-0.05, 0) is 36.8 Å². The van der Waals surface area contributed by atoms with Crippen molar-refractivity contribution in [2.45, 2.75) is 6.92 Å². The van der Waals surface area contributed by atoms with E-state index in [1.54, 1.807) is 25.3 Å². The van der Waals surface area contributed by atoms with Crippen molar-refractivity contribution in [1.29, 1.82) is 0 Å². The first-order valence-electron chi connectivity index (χ1n) is 9.18. The van der Waals surface area contributed by atoms with Crippen molar-refractivity contribution in [2.24, 2.45) is 0 Å². The zero-order valence-electron chi connectivity index (χ0n) is 16.5. The van der Waals surface area contributed by atoms with Gasteiger partial charge in [-0.15, -0.1) is 0 Å². The number of methoxy groups -OCH3 is 2. The van der Waals surface area contributed by atoms with Gasteiger partial charge >= 0.3 is 0 Å². The number of ether oxygens (including phenoxy) is 2. The molecule has 0 aliphatic carbocycles. The number of hydrogen-bond donors (Lipinski definition) is 1. The molecule has 6 nitrogen and oxygen atoms in total. The zero-order valence-corrected chi connectivity index (χ0v) is 16.5. The van der Waals surface area contributed by atoms with Gasteiger partial charge in [0, 0.05) is 17.8 Å². The smallest absolute Gasteiger partial charge is 0.260 e. The van der Waals surface area contributed by atoms with Crippen LogP contribution in [0.4, 0.5) is 5.82 Å². The molecule has 0 radical (unpaired) electrons. The molecular weight excluding hydrogens is 366 g/mol. The first-order chi connectivity index (χ1) is 14.1. The number of nitrogens with one attached hydrogen (secondary N) is 1. The van der Waals surface area contributed by atoms with Crippen molar-refractivity contribution >= 4 is 17.4 Å². The number of carbonyl (C=O) groups is 1. The fourth-order valence-corrected chi connectivity index (χ4v) is 3.22. The zero-order chi connectivity index (χ0) is 20.4. The Morgan fingerprint density at radius 3 is 2.52 bits per heavy atom. The number of hydrogen-bond acceptors (Lipinski definition) is 4. The van der Waals surface area contributed by atoms with Crippen LogP contribution in [0.15, 0.2) is 66.9 Å². The van der Waals surface area contributed by atoms with Gasteiger partial charge in [0.15, 0.2) is 0 Å². The van der Waals surface area contributed by atoms with E-state index in [0.717, 1.165) is 16.8 Å². The van der Waals surface area contributed by atoms with Crippen LogP contribution in [0.2, 0.25) is 0 Å². The Balaban J connectivity index is 1.80. The van der Waals surface area contributed by atoms with Crippen LogP contribution in [0.5, 0.6) is 11.5 Å². The quantitative estimate of drug-likeness (QED) is 0.544. The molecular formula is C23H21N3O3. The number of aryl methyl sites for hydroxylation is 1. The standard InChI is InChI=1S/C23H21N3O3/c1-15-11-12-26-20(13-15)24-21(16-7-5-4-6-8-16)22(26)25-23(27)18-10-9-17(28-2)14-19(18)29-3/h4-14H,1-3H3,(H,25,27). The second-order valence-electron chi connectivity index (χ2n) is 6.63. The van der Waals surface area contributed by atoms with Gasteiger partial charge in [-0.25, -0.2) is 4.98 Å². The molecule has 6 heteroatoms. The summed E-state index contributed by atoms with van der Waals surface area (Å²) < 4.78 is 12.5. The first kappa shape index (κ1) is 18.6. The van der Waals surface area contributed by atoms with Gasteiger partial charge in [0.05, 0.1) is 19.8 Å². The monoisotopic (exact) mass is 387 g/mol. The van der Waals surface area contributed by atoms with Crippen LogP contribution in [0.1, 0.15) is 15.9 Å². The SMILES string of the molecule is COc1ccc(C(=O)Nc2c(-c3ccccc3)nc3cc(C)ccn23)c(OC)c1. The van der Waals surface area contributed by atoms with Gasteiger partial charge in [-0.2, -0.15) is 0 Å². The predicted molar refractivity (Wildman–Crippen MR) is 113 cm³/mol. The van der Waals surface area contributed by atoms with Crippen LogP contribution >= 0.6 is 0 Å². The third-order valence-corrected chi connectivity index (χ3v) is 4.71. The molecule has 2 aromatic carbocycles. The molecule has 29 heavy (non-hydrogen) atoms. The average Bonchev–Trinajstić information content (AvgIpc) is 3.11. The Morgan fingerprint density at radius 1 is 1.00 bits per heavy atom. The van der Waals surface area contributed by atoms with Crippen molar-refractivity contribution in [2.75, 3.05) is 19.5 Å². The maximum Gasteiger partial charge on any atom is 0.260 e. The predicted octanol–water partition coefficient (Wildman–Crippen LogP) is 4.58. The van der Waals surface area contributed by atoms with E-state index in [-0.39, 0.29) is 5.91 Å². The number of imidazole rings is 1. The van der Waals surface area contributed by atoms with E-state index in [2.05, 4.69) is 5.32 Å². The van der Waals surface area contributed by atoms with Crippen molar-refractivity contribution in [3.05, 3.63) is 78.0 Å². The van der Waals surface area contributed by atoms with E-state index in [1.165, 1.54) is 7.11 Å². The maximum atomic E-state index is 13.1. The normalized spacial score (nSPS) is 10.7. The van der Waals surface area contributed by atoms with Gasteiger partial charge in [0.2, 0.25) is 0 Å². The highest BCUT2D eigenvalue weighted by molar-refractivity contribution is 6.07. The van der Waals surface area contributed by atoms with E-state index in [1.807, 2.05) is 60.0 Å². The third-order valence-electron chi connectivity index (χ3n) is 4.71. The largest absolute Gasteiger partial charge is 0.497 e. The number of carbonyl (C=O) groups excluding carboxylic acids is 1. The molecule has 2 aromatic heterocycles. The van der Waals surface area contributed by atoms with Gasteiger partial charge in [0.1, 0.15) is 28.7 Å². The third kappa shape index (κ3) is 3.52. The number of anilines is 1. The van der Waals surface area contributed by atoms with E-state index < -0.39 is 0 Å². The van der Waals surface area contributed by atoms with Crippen LogP contribution in [-0.4, -0.2) is 29.5 Å². The summed E-state index contributed by atoms with van der Waals surface area (Å²) in [5.41, 5.74) is 3.90. The van der Waals surface area contributed by atoms with Crippen molar-refractivity contribution < 1.29 is 14.3 Å². The lowest BCUT2D eigenvalue weighted by molar-refractivity contribution is 0.102. The van der Waals surface area contributed by atoms with Crippen LogP contribution in [0, 0.1) is 6.92 Å². The molecule has 0 aliphatic rings. The summed E-state index contributed by atoms with van der Waals surface area (Å²) in [4.78, 5) is 17.9. The fourth-order valence-electron chi connectivity index (χ4n) is 3.22. The summed E-state index contributed by atoms with van der Waals surface area (Å²) in [5.74, 6) is 1.37. The number of fused-ring (bicyclic) bond motifs is 1. The summed E-state index contributed by atoms with van der Waals surface area (Å²) in [6.45, 7) is 2.01. The topological polar surface area (TPSA) is 64.9 Å². The molecule has 4 aromatic rings. The minimum atomic E-state index is -0.288. The van der Waals surface area contributed by atoms with E-state index in [4.69, 9.17) is 14.5 Å². The highest BCUT2D eigenvalue weighted by Crippen LogP contribution is 2.31. The second-order valence-corrected chi connectivity index (χ2v) is 6.63. The molecule has 0 spiro atoms. The highest BCUT2D eigenvalue weighted by atomic mass is 16.5. The Bertz CT molecular complexity index is 1180. The highest BCUT2D eigenvalue weighted by Gasteiger charge is 2.20. The summed E-state index contributed by atoms with van der Waals surface area (Å²) in [5, 5.41) is 3.02. The van der Waals surface area contributed by atoms with Crippen molar-refractivity contribution in [1.82, 2.24) is 9.38 Å². The average molecular weight is 387 g/mol. The van der Waals surface area contributed by atoms with Gasteiger partial charge in [-0.1, -0.05) is 30.3 Å².